The minimum absolute atomic E-state index is 0.304. The zero-order valence-electron chi connectivity index (χ0n) is 12.2. The minimum atomic E-state index is 0.304. The molecule has 0 saturated heterocycles. The van der Waals surface area contributed by atoms with Gasteiger partial charge in [-0.2, -0.15) is 0 Å². The minimum Gasteiger partial charge on any atom is -0.396 e. The van der Waals surface area contributed by atoms with Gasteiger partial charge in [-0.1, -0.05) is 29.8 Å². The number of aliphatic hydroxyl groups is 1. The van der Waals surface area contributed by atoms with E-state index in [2.05, 4.69) is 43.4 Å². The molecule has 0 amide bonds. The Balaban J connectivity index is 1.89. The van der Waals surface area contributed by atoms with Crippen molar-refractivity contribution in [2.45, 2.75) is 58.0 Å². The van der Waals surface area contributed by atoms with Crippen molar-refractivity contribution >= 4 is 0 Å². The Hall–Kier alpha value is -0.860. The number of rotatable bonds is 8. The van der Waals surface area contributed by atoms with Crippen LogP contribution in [-0.4, -0.2) is 23.8 Å². The summed E-state index contributed by atoms with van der Waals surface area (Å²) in [6.07, 6.45) is 5.84. The van der Waals surface area contributed by atoms with Crippen molar-refractivity contribution in [1.82, 2.24) is 5.32 Å². The van der Waals surface area contributed by atoms with Crippen LogP contribution in [0.5, 0.6) is 0 Å². The fourth-order valence-corrected chi connectivity index (χ4v) is 2.80. The molecule has 1 fully saturated rings. The van der Waals surface area contributed by atoms with Crippen molar-refractivity contribution in [3.8, 4) is 0 Å². The molecule has 106 valence electrons. The number of aryl methyl sites for hydroxylation is 1. The summed E-state index contributed by atoms with van der Waals surface area (Å²) in [5.74, 6) is 0.858. The van der Waals surface area contributed by atoms with E-state index in [0.29, 0.717) is 18.7 Å². The number of hydrogen-bond acceptors (Lipinski definition) is 2. The summed E-state index contributed by atoms with van der Waals surface area (Å²) in [6, 6.07) is 9.97. The molecular weight excluding hydrogens is 234 g/mol. The molecule has 2 rings (SSSR count). The fraction of sp³-hybridized carbons (Fsp3) is 0.647. The number of nitrogens with one attached hydrogen (secondary N) is 1. The van der Waals surface area contributed by atoms with E-state index in [1.54, 1.807) is 0 Å². The predicted molar refractivity (Wildman–Crippen MR) is 80.3 cm³/mol. The van der Waals surface area contributed by atoms with E-state index in [9.17, 15) is 0 Å². The summed E-state index contributed by atoms with van der Waals surface area (Å²) in [6.45, 7) is 4.70. The SMILES string of the molecule is Cc1cccc(CC(NC(C)CCCO)C2CC2)c1. The summed E-state index contributed by atoms with van der Waals surface area (Å²) in [5.41, 5.74) is 2.79. The molecule has 0 bridgehead atoms. The quantitative estimate of drug-likeness (QED) is 0.754. The van der Waals surface area contributed by atoms with Crippen molar-refractivity contribution < 1.29 is 5.11 Å². The Kier molecular flexibility index (Phi) is 5.41. The van der Waals surface area contributed by atoms with Crippen LogP contribution >= 0.6 is 0 Å². The second-order valence-corrected chi connectivity index (χ2v) is 6.07. The third-order valence-electron chi connectivity index (χ3n) is 4.02. The van der Waals surface area contributed by atoms with Gasteiger partial charge in [0.1, 0.15) is 0 Å². The van der Waals surface area contributed by atoms with Crippen LogP contribution in [0.4, 0.5) is 0 Å². The van der Waals surface area contributed by atoms with Gasteiger partial charge in [-0.3, -0.25) is 0 Å². The molecule has 0 aliphatic heterocycles. The van der Waals surface area contributed by atoms with E-state index in [4.69, 9.17) is 5.11 Å². The zero-order valence-corrected chi connectivity index (χ0v) is 12.2. The molecule has 2 atom stereocenters. The van der Waals surface area contributed by atoms with Crippen LogP contribution < -0.4 is 5.32 Å². The molecule has 0 spiro atoms. The van der Waals surface area contributed by atoms with E-state index < -0.39 is 0 Å². The van der Waals surface area contributed by atoms with Gasteiger partial charge < -0.3 is 10.4 Å². The number of benzene rings is 1. The highest BCUT2D eigenvalue weighted by molar-refractivity contribution is 5.23. The third-order valence-corrected chi connectivity index (χ3v) is 4.02. The maximum Gasteiger partial charge on any atom is 0.0431 e. The van der Waals surface area contributed by atoms with Crippen molar-refractivity contribution in [3.05, 3.63) is 35.4 Å². The first-order chi connectivity index (χ1) is 9.19. The first-order valence-corrected chi connectivity index (χ1v) is 7.61. The molecule has 2 unspecified atom stereocenters. The van der Waals surface area contributed by atoms with Crippen LogP contribution in [-0.2, 0) is 6.42 Å². The van der Waals surface area contributed by atoms with Gasteiger partial charge in [-0.05, 0) is 57.4 Å². The van der Waals surface area contributed by atoms with E-state index in [-0.39, 0.29) is 0 Å². The van der Waals surface area contributed by atoms with Gasteiger partial charge in [-0.25, -0.2) is 0 Å². The van der Waals surface area contributed by atoms with E-state index >= 15 is 0 Å². The Bertz CT molecular complexity index is 387. The molecule has 2 N–H and O–H groups in total. The maximum atomic E-state index is 8.91. The highest BCUT2D eigenvalue weighted by atomic mass is 16.2. The number of aliphatic hydroxyl groups excluding tert-OH is 1. The molecule has 0 heterocycles. The molecular formula is C17H27NO. The molecule has 2 heteroatoms. The first kappa shape index (κ1) is 14.5. The summed E-state index contributed by atoms with van der Waals surface area (Å²) in [7, 11) is 0. The topological polar surface area (TPSA) is 32.3 Å². The monoisotopic (exact) mass is 261 g/mol. The Morgan fingerprint density at radius 2 is 2.16 bits per heavy atom. The molecule has 2 nitrogen and oxygen atoms in total. The van der Waals surface area contributed by atoms with Crippen molar-refractivity contribution in [1.29, 1.82) is 0 Å². The van der Waals surface area contributed by atoms with Gasteiger partial charge in [-0.15, -0.1) is 0 Å². The van der Waals surface area contributed by atoms with Crippen LogP contribution in [0.25, 0.3) is 0 Å². The van der Waals surface area contributed by atoms with E-state index in [1.165, 1.54) is 24.0 Å². The van der Waals surface area contributed by atoms with Crippen LogP contribution in [0.1, 0.15) is 43.7 Å². The Labute approximate surface area is 117 Å². The molecule has 1 aliphatic rings. The smallest absolute Gasteiger partial charge is 0.0431 e. The lowest BCUT2D eigenvalue weighted by Gasteiger charge is -2.23. The molecule has 0 radical (unpaired) electrons. The lowest BCUT2D eigenvalue weighted by molar-refractivity contribution is 0.271. The Morgan fingerprint density at radius 1 is 1.37 bits per heavy atom. The van der Waals surface area contributed by atoms with Gasteiger partial charge in [0, 0.05) is 18.7 Å². The summed E-state index contributed by atoms with van der Waals surface area (Å²) in [5, 5.41) is 12.7. The van der Waals surface area contributed by atoms with Crippen LogP contribution in [0.2, 0.25) is 0 Å². The van der Waals surface area contributed by atoms with Gasteiger partial charge in [0.2, 0.25) is 0 Å². The molecule has 1 aromatic carbocycles. The second kappa shape index (κ2) is 7.06. The Morgan fingerprint density at radius 3 is 2.79 bits per heavy atom. The number of hydrogen-bond donors (Lipinski definition) is 2. The zero-order chi connectivity index (χ0) is 13.7. The highest BCUT2D eigenvalue weighted by Crippen LogP contribution is 2.34. The fourth-order valence-electron chi connectivity index (χ4n) is 2.80. The van der Waals surface area contributed by atoms with Gasteiger partial charge in [0.05, 0.1) is 0 Å². The van der Waals surface area contributed by atoms with Crippen LogP contribution in [0.3, 0.4) is 0 Å². The lowest BCUT2D eigenvalue weighted by atomic mass is 9.99. The second-order valence-electron chi connectivity index (χ2n) is 6.07. The predicted octanol–water partition coefficient (Wildman–Crippen LogP) is 3.07. The molecule has 1 saturated carbocycles. The van der Waals surface area contributed by atoms with Crippen LogP contribution in [0, 0.1) is 12.8 Å². The molecule has 1 aliphatic carbocycles. The van der Waals surface area contributed by atoms with Crippen molar-refractivity contribution in [2.75, 3.05) is 6.61 Å². The summed E-state index contributed by atoms with van der Waals surface area (Å²) < 4.78 is 0. The van der Waals surface area contributed by atoms with Gasteiger partial charge >= 0.3 is 0 Å². The highest BCUT2D eigenvalue weighted by Gasteiger charge is 2.31. The average molecular weight is 261 g/mol. The van der Waals surface area contributed by atoms with E-state index in [1.807, 2.05) is 0 Å². The molecule has 0 aromatic heterocycles. The summed E-state index contributed by atoms with van der Waals surface area (Å²) in [4.78, 5) is 0. The normalized spacial score (nSPS) is 18.3. The molecule has 1 aromatic rings. The van der Waals surface area contributed by atoms with Gasteiger partial charge in [0.15, 0.2) is 0 Å². The molecule has 19 heavy (non-hydrogen) atoms. The van der Waals surface area contributed by atoms with E-state index in [0.717, 1.165) is 25.2 Å². The third kappa shape index (κ3) is 4.96. The first-order valence-electron chi connectivity index (χ1n) is 7.61. The standard InChI is InChI=1S/C17H27NO/c1-13-5-3-7-15(11-13)12-17(16-8-9-16)18-14(2)6-4-10-19/h3,5,7,11,14,16-19H,4,6,8-10,12H2,1-2H3. The summed E-state index contributed by atoms with van der Waals surface area (Å²) >= 11 is 0. The van der Waals surface area contributed by atoms with Gasteiger partial charge in [0.25, 0.3) is 0 Å². The largest absolute Gasteiger partial charge is 0.396 e. The maximum absolute atomic E-state index is 8.91. The average Bonchev–Trinajstić information content (AvgIpc) is 3.20. The van der Waals surface area contributed by atoms with Crippen molar-refractivity contribution in [2.24, 2.45) is 5.92 Å². The lowest BCUT2D eigenvalue weighted by Crippen LogP contribution is -2.39. The van der Waals surface area contributed by atoms with Crippen LogP contribution in [0.15, 0.2) is 24.3 Å². The van der Waals surface area contributed by atoms with Crippen molar-refractivity contribution in [3.63, 3.8) is 0 Å².